The summed E-state index contributed by atoms with van der Waals surface area (Å²) in [5.41, 5.74) is 1.52. The van der Waals surface area contributed by atoms with Gasteiger partial charge in [0.15, 0.2) is 0 Å². The minimum atomic E-state index is -0.0538. The van der Waals surface area contributed by atoms with E-state index >= 15 is 0 Å². The third kappa shape index (κ3) is 3.20. The van der Waals surface area contributed by atoms with E-state index in [9.17, 15) is 4.79 Å². The Labute approximate surface area is 165 Å². The molecule has 0 aliphatic heterocycles. The summed E-state index contributed by atoms with van der Waals surface area (Å²) >= 11 is 0. The van der Waals surface area contributed by atoms with Gasteiger partial charge in [0.05, 0.1) is 19.0 Å². The van der Waals surface area contributed by atoms with E-state index in [4.69, 9.17) is 9.47 Å². The highest BCUT2D eigenvalue weighted by molar-refractivity contribution is 5.87. The maximum Gasteiger partial charge on any atom is 0.139 e. The molecule has 3 nitrogen and oxygen atoms in total. The fraction of sp³-hybridized carbons (Fsp3) is 0.792. The molecule has 3 heteroatoms. The normalized spacial score (nSPS) is 39.9. The molecule has 0 aromatic heterocycles. The van der Waals surface area contributed by atoms with E-state index in [1.54, 1.807) is 0 Å². The van der Waals surface area contributed by atoms with Crippen LogP contribution in [0.2, 0.25) is 0 Å². The Kier molecular flexibility index (Phi) is 6.20. The molecule has 2 fully saturated rings. The topological polar surface area (TPSA) is 35.5 Å². The van der Waals surface area contributed by atoms with E-state index < -0.39 is 0 Å². The van der Waals surface area contributed by atoms with Crippen LogP contribution in [-0.4, -0.2) is 26.1 Å². The third-order valence-electron chi connectivity index (χ3n) is 7.91. The number of ketones is 1. The Morgan fingerprint density at radius 2 is 1.93 bits per heavy atom. The summed E-state index contributed by atoms with van der Waals surface area (Å²) in [4.78, 5) is 12.5. The molecule has 4 rings (SSSR count). The Morgan fingerprint density at radius 1 is 1.15 bits per heavy atom. The Bertz CT molecular complexity index is 619. The van der Waals surface area contributed by atoms with Crippen LogP contribution in [0.5, 0.6) is 0 Å². The average molecular weight is 375 g/mol. The predicted octanol–water partition coefficient (Wildman–Crippen LogP) is 5.70. The van der Waals surface area contributed by atoms with Gasteiger partial charge in [-0.15, -0.1) is 0 Å². The van der Waals surface area contributed by atoms with Gasteiger partial charge in [0.1, 0.15) is 5.78 Å². The number of carbonyl (C=O) groups is 1. The fourth-order valence-corrected chi connectivity index (χ4v) is 6.70. The van der Waals surface area contributed by atoms with Crippen molar-refractivity contribution in [2.45, 2.75) is 72.6 Å². The Balaban J connectivity index is 0.00000102. The predicted molar refractivity (Wildman–Crippen MR) is 109 cm³/mol. The van der Waals surface area contributed by atoms with E-state index in [1.807, 2.05) is 21.0 Å². The van der Waals surface area contributed by atoms with Crippen LogP contribution in [0.15, 0.2) is 23.5 Å². The maximum atomic E-state index is 12.5. The first-order chi connectivity index (χ1) is 13.0. The lowest BCUT2D eigenvalue weighted by molar-refractivity contribution is -0.132. The minimum absolute atomic E-state index is 0.0538. The molecule has 0 spiro atoms. The fourth-order valence-electron chi connectivity index (χ4n) is 6.70. The highest BCUT2D eigenvalue weighted by Crippen LogP contribution is 2.63. The monoisotopic (exact) mass is 374 g/mol. The number of carbonyl (C=O) groups excluding carboxylic acids is 1. The van der Waals surface area contributed by atoms with Crippen LogP contribution in [0.4, 0.5) is 0 Å². The van der Waals surface area contributed by atoms with E-state index in [0.29, 0.717) is 23.5 Å². The van der Waals surface area contributed by atoms with Gasteiger partial charge in [-0.05, 0) is 68.4 Å². The van der Waals surface area contributed by atoms with E-state index in [-0.39, 0.29) is 10.8 Å². The van der Waals surface area contributed by atoms with Crippen molar-refractivity contribution in [2.24, 2.45) is 28.6 Å². The first-order valence-corrected chi connectivity index (χ1v) is 11.1. The maximum absolute atomic E-state index is 12.5. The summed E-state index contributed by atoms with van der Waals surface area (Å²) in [5, 5.41) is 0. The third-order valence-corrected chi connectivity index (χ3v) is 7.91. The molecule has 0 heterocycles. The van der Waals surface area contributed by atoms with Crippen molar-refractivity contribution in [1.29, 1.82) is 0 Å². The van der Waals surface area contributed by atoms with Crippen molar-refractivity contribution in [2.75, 3.05) is 20.3 Å². The number of hydrogen-bond donors (Lipinski definition) is 0. The van der Waals surface area contributed by atoms with E-state index in [0.717, 1.165) is 57.5 Å². The van der Waals surface area contributed by atoms with Crippen LogP contribution in [-0.2, 0) is 14.3 Å². The van der Waals surface area contributed by atoms with Gasteiger partial charge in [0, 0.05) is 30.8 Å². The number of ether oxygens (including phenoxy) is 2. The van der Waals surface area contributed by atoms with Gasteiger partial charge in [-0.3, -0.25) is 4.79 Å². The standard InChI is InChI=1S/C22H32O3.C2H6/c1-4-25-16-9-12-22(14-24-3)15(13-16)5-6-17-18-7-8-20(23)21(18,2)11-10-19(17)22;1-2/h5,13,17-19H,4,6-12,14H2,1-3H3;1-2H3. The summed E-state index contributed by atoms with van der Waals surface area (Å²) in [6, 6.07) is 0. The van der Waals surface area contributed by atoms with Crippen molar-refractivity contribution < 1.29 is 14.3 Å². The van der Waals surface area contributed by atoms with Gasteiger partial charge in [-0.25, -0.2) is 0 Å². The molecule has 0 aromatic carbocycles. The zero-order valence-corrected chi connectivity index (χ0v) is 18.0. The van der Waals surface area contributed by atoms with Gasteiger partial charge >= 0.3 is 0 Å². The molecule has 152 valence electrons. The molecule has 4 aliphatic rings. The summed E-state index contributed by atoms with van der Waals surface area (Å²) in [5.74, 6) is 3.52. The summed E-state index contributed by atoms with van der Waals surface area (Å²) in [7, 11) is 1.84. The van der Waals surface area contributed by atoms with Gasteiger partial charge in [0.25, 0.3) is 0 Å². The smallest absolute Gasteiger partial charge is 0.139 e. The average Bonchev–Trinajstić information content (AvgIpc) is 2.99. The summed E-state index contributed by atoms with van der Waals surface area (Å²) in [6.07, 6.45) is 12.1. The lowest BCUT2D eigenvalue weighted by Gasteiger charge is -2.56. The molecule has 4 aliphatic carbocycles. The second-order valence-electron chi connectivity index (χ2n) is 8.82. The molecular formula is C24H38O3. The van der Waals surface area contributed by atoms with Crippen molar-refractivity contribution in [3.63, 3.8) is 0 Å². The molecule has 0 saturated heterocycles. The number of rotatable bonds is 4. The molecule has 0 N–H and O–H groups in total. The highest BCUT2D eigenvalue weighted by Gasteiger charge is 2.59. The molecule has 27 heavy (non-hydrogen) atoms. The molecule has 5 atom stereocenters. The lowest BCUT2D eigenvalue weighted by atomic mass is 9.48. The molecule has 0 amide bonds. The van der Waals surface area contributed by atoms with E-state index in [1.165, 1.54) is 12.0 Å². The minimum Gasteiger partial charge on any atom is -0.498 e. The van der Waals surface area contributed by atoms with Crippen LogP contribution in [0.25, 0.3) is 0 Å². The Morgan fingerprint density at radius 3 is 2.63 bits per heavy atom. The number of Topliss-reactive ketones (excluding diaryl/α,β-unsaturated/α-hetero) is 1. The number of allylic oxidation sites excluding steroid dienone is 3. The molecule has 0 bridgehead atoms. The van der Waals surface area contributed by atoms with Gasteiger partial charge in [0.2, 0.25) is 0 Å². The molecule has 0 aromatic rings. The number of hydrogen-bond acceptors (Lipinski definition) is 3. The van der Waals surface area contributed by atoms with Gasteiger partial charge in [-0.2, -0.15) is 0 Å². The first kappa shape index (κ1) is 20.6. The zero-order valence-electron chi connectivity index (χ0n) is 18.0. The largest absolute Gasteiger partial charge is 0.498 e. The van der Waals surface area contributed by atoms with E-state index in [2.05, 4.69) is 26.0 Å². The van der Waals surface area contributed by atoms with Crippen molar-refractivity contribution in [1.82, 2.24) is 0 Å². The number of methoxy groups -OCH3 is 1. The number of fused-ring (bicyclic) bond motifs is 5. The van der Waals surface area contributed by atoms with Gasteiger partial charge in [-0.1, -0.05) is 26.8 Å². The van der Waals surface area contributed by atoms with Crippen LogP contribution in [0, 0.1) is 28.6 Å². The Hall–Kier alpha value is -1.09. The van der Waals surface area contributed by atoms with Crippen LogP contribution in [0.1, 0.15) is 72.6 Å². The van der Waals surface area contributed by atoms with Crippen molar-refractivity contribution >= 4 is 5.78 Å². The van der Waals surface area contributed by atoms with Crippen LogP contribution < -0.4 is 0 Å². The molecule has 0 radical (unpaired) electrons. The van der Waals surface area contributed by atoms with Crippen molar-refractivity contribution in [3.8, 4) is 0 Å². The van der Waals surface area contributed by atoms with Crippen LogP contribution >= 0.6 is 0 Å². The van der Waals surface area contributed by atoms with Crippen molar-refractivity contribution in [3.05, 3.63) is 23.5 Å². The molecule has 5 unspecified atom stereocenters. The first-order valence-electron chi connectivity index (χ1n) is 11.1. The lowest BCUT2D eigenvalue weighted by Crippen LogP contribution is -2.52. The molecule has 2 saturated carbocycles. The quantitative estimate of drug-likeness (QED) is 0.633. The summed E-state index contributed by atoms with van der Waals surface area (Å²) in [6.45, 7) is 9.85. The SMILES string of the molecule is CC.CCOC1=CC2=CCC3C4CCC(=O)C4(C)CCC3C2(COC)CC1. The zero-order chi connectivity index (χ0) is 19.7. The molecular weight excluding hydrogens is 336 g/mol. The summed E-state index contributed by atoms with van der Waals surface area (Å²) < 4.78 is 11.6. The second kappa shape index (κ2) is 8.11. The van der Waals surface area contributed by atoms with Crippen LogP contribution in [0.3, 0.4) is 0 Å². The van der Waals surface area contributed by atoms with Gasteiger partial charge < -0.3 is 9.47 Å². The second-order valence-corrected chi connectivity index (χ2v) is 8.82. The highest BCUT2D eigenvalue weighted by atomic mass is 16.5.